The molecule has 5 heterocycles. The molecule has 2 unspecified atom stereocenters. The lowest BCUT2D eigenvalue weighted by molar-refractivity contribution is 0.159. The number of hydrogen-bond donors (Lipinski definition) is 0. The zero-order valence-corrected chi connectivity index (χ0v) is 24.5. The van der Waals surface area contributed by atoms with Crippen LogP contribution in [0.4, 0.5) is 5.82 Å². The van der Waals surface area contributed by atoms with Crippen LogP contribution in [0.2, 0.25) is 0 Å². The largest absolute Gasteiger partial charge is 0.481 e. The van der Waals surface area contributed by atoms with Gasteiger partial charge in [-0.3, -0.25) is 9.58 Å². The van der Waals surface area contributed by atoms with Crippen LogP contribution in [0.15, 0.2) is 67.5 Å². The van der Waals surface area contributed by atoms with Crippen molar-refractivity contribution >= 4 is 11.3 Å². The van der Waals surface area contributed by atoms with Gasteiger partial charge in [0.1, 0.15) is 11.9 Å². The van der Waals surface area contributed by atoms with Crippen LogP contribution in [0.5, 0.6) is 5.88 Å². The number of methoxy groups -OCH3 is 1. The number of anilines is 1. The molecule has 0 radical (unpaired) electrons. The lowest BCUT2D eigenvalue weighted by atomic mass is 9.88. The van der Waals surface area contributed by atoms with E-state index < -0.39 is 0 Å². The van der Waals surface area contributed by atoms with E-state index in [-0.39, 0.29) is 0 Å². The Morgan fingerprint density at radius 1 is 0.929 bits per heavy atom. The van der Waals surface area contributed by atoms with Crippen LogP contribution < -0.4 is 9.64 Å². The lowest BCUT2D eigenvalue weighted by Gasteiger charge is -2.43. The fraction of sp³-hybridized carbons (Fsp3) is 0.344. The molecule has 0 aromatic carbocycles. The van der Waals surface area contributed by atoms with Crippen LogP contribution in [0.25, 0.3) is 27.8 Å². The highest BCUT2D eigenvalue weighted by molar-refractivity contribution is 5.87. The van der Waals surface area contributed by atoms with Gasteiger partial charge in [-0.05, 0) is 43.7 Å². The van der Waals surface area contributed by atoms with Gasteiger partial charge in [-0.1, -0.05) is 18.9 Å². The number of rotatable bonds is 8. The van der Waals surface area contributed by atoms with Gasteiger partial charge in [0, 0.05) is 85.8 Å². The van der Waals surface area contributed by atoms with Gasteiger partial charge in [-0.25, -0.2) is 14.5 Å². The van der Waals surface area contributed by atoms with E-state index in [1.54, 1.807) is 22.5 Å². The van der Waals surface area contributed by atoms with E-state index in [1.807, 2.05) is 44.1 Å². The molecule has 214 valence electrons. The third-order valence-electron chi connectivity index (χ3n) is 8.39. The van der Waals surface area contributed by atoms with E-state index in [0.717, 1.165) is 53.0 Å². The Hall–Kier alpha value is -4.75. The van der Waals surface area contributed by atoms with Gasteiger partial charge < -0.3 is 9.64 Å². The second-order valence-electron chi connectivity index (χ2n) is 11.1. The van der Waals surface area contributed by atoms with Gasteiger partial charge in [-0.2, -0.15) is 15.5 Å². The summed E-state index contributed by atoms with van der Waals surface area (Å²) < 4.78 is 8.77. The molecule has 0 aliphatic heterocycles. The van der Waals surface area contributed by atoms with Crippen LogP contribution >= 0.6 is 0 Å². The van der Waals surface area contributed by atoms with Gasteiger partial charge >= 0.3 is 0 Å². The summed E-state index contributed by atoms with van der Waals surface area (Å²) in [5.41, 5.74) is 6.28. The van der Waals surface area contributed by atoms with Crippen molar-refractivity contribution in [3.05, 3.63) is 78.6 Å². The minimum atomic E-state index is 0.342. The molecule has 1 fully saturated rings. The highest BCUT2D eigenvalue weighted by atomic mass is 16.5. The number of nitrogens with zero attached hydrogens (tertiary/aromatic N) is 9. The molecule has 0 bridgehead atoms. The van der Waals surface area contributed by atoms with Gasteiger partial charge in [0.2, 0.25) is 5.88 Å². The van der Waals surface area contributed by atoms with Crippen molar-refractivity contribution < 1.29 is 4.74 Å². The Bertz CT molecular complexity index is 1720. The Kier molecular flexibility index (Phi) is 7.59. The Balaban J connectivity index is 1.27. The summed E-state index contributed by atoms with van der Waals surface area (Å²) in [4.78, 5) is 14.1. The van der Waals surface area contributed by atoms with E-state index >= 15 is 0 Å². The molecule has 0 amide bonds. The first-order chi connectivity index (χ1) is 20.4. The molecule has 0 N–H and O–H groups in total. The number of ether oxygens (including phenoxy) is 1. The summed E-state index contributed by atoms with van der Waals surface area (Å²) in [5.74, 6) is 1.57. The molecule has 42 heavy (non-hydrogen) atoms. The first-order valence-electron chi connectivity index (χ1n) is 14.2. The maximum absolute atomic E-state index is 9.78. The smallest absolute Gasteiger partial charge is 0.212 e. The van der Waals surface area contributed by atoms with E-state index in [1.165, 1.54) is 18.4 Å². The standard InChI is InChI=1S/C32H35N9O/c1-38(19-22-9-12-31(42-4)35-15-22)28-7-5-6-8-29(28)40(3)30-11-10-23(16-34-30)27-13-24(26-18-36-39(2)20-26)21-41-32(27)25(14-33)17-37-41/h9-13,15-18,20-21,28-29H,5-8,19H2,1-4H3. The van der Waals surface area contributed by atoms with Crippen LogP contribution in [-0.2, 0) is 13.6 Å². The average molecular weight is 562 g/mol. The zero-order valence-electron chi connectivity index (χ0n) is 24.5. The molecule has 5 aromatic heterocycles. The molecule has 10 nitrogen and oxygen atoms in total. The number of likely N-dealkylation sites (N-methyl/N-ethyl adjacent to an activating group) is 2. The fourth-order valence-electron chi connectivity index (χ4n) is 6.16. The van der Waals surface area contributed by atoms with Crippen LogP contribution in [0.1, 0.15) is 36.8 Å². The number of aromatic nitrogens is 6. The number of nitriles is 1. The molecule has 0 saturated heterocycles. The first kappa shape index (κ1) is 27.4. The van der Waals surface area contributed by atoms with Gasteiger partial charge in [0.15, 0.2) is 0 Å². The number of fused-ring (bicyclic) bond motifs is 1. The molecular weight excluding hydrogens is 526 g/mol. The average Bonchev–Trinajstić information content (AvgIpc) is 3.66. The predicted octanol–water partition coefficient (Wildman–Crippen LogP) is 4.95. The maximum Gasteiger partial charge on any atom is 0.212 e. The molecule has 10 heteroatoms. The van der Waals surface area contributed by atoms with E-state index in [2.05, 4.69) is 69.4 Å². The number of hydrogen-bond acceptors (Lipinski definition) is 8. The van der Waals surface area contributed by atoms with E-state index in [0.29, 0.717) is 23.5 Å². The predicted molar refractivity (Wildman–Crippen MR) is 162 cm³/mol. The summed E-state index contributed by atoms with van der Waals surface area (Å²) in [5, 5.41) is 18.6. The van der Waals surface area contributed by atoms with Crippen molar-refractivity contribution in [1.29, 1.82) is 5.26 Å². The number of aryl methyl sites for hydroxylation is 1. The lowest BCUT2D eigenvalue weighted by Crippen LogP contribution is -2.51. The molecule has 2 atom stereocenters. The van der Waals surface area contributed by atoms with E-state index in [4.69, 9.17) is 9.72 Å². The summed E-state index contributed by atoms with van der Waals surface area (Å²) in [6.45, 7) is 0.828. The van der Waals surface area contributed by atoms with Crippen molar-refractivity contribution in [3.8, 4) is 34.2 Å². The molecule has 1 saturated carbocycles. The van der Waals surface area contributed by atoms with Crippen LogP contribution in [0.3, 0.4) is 0 Å². The second kappa shape index (κ2) is 11.6. The molecule has 1 aliphatic carbocycles. The van der Waals surface area contributed by atoms with Crippen molar-refractivity contribution in [2.45, 2.75) is 44.3 Å². The summed E-state index contributed by atoms with van der Waals surface area (Å²) in [7, 11) is 7.89. The van der Waals surface area contributed by atoms with Gasteiger partial charge in [-0.15, -0.1) is 0 Å². The van der Waals surface area contributed by atoms with Gasteiger partial charge in [0.25, 0.3) is 0 Å². The highest BCUT2D eigenvalue weighted by Crippen LogP contribution is 2.34. The normalized spacial score (nSPS) is 17.0. The fourth-order valence-corrected chi connectivity index (χ4v) is 6.16. The Morgan fingerprint density at radius 2 is 1.76 bits per heavy atom. The highest BCUT2D eigenvalue weighted by Gasteiger charge is 2.32. The summed E-state index contributed by atoms with van der Waals surface area (Å²) in [6.07, 6.45) is 15.9. The van der Waals surface area contributed by atoms with E-state index in [9.17, 15) is 5.26 Å². The third-order valence-corrected chi connectivity index (χ3v) is 8.39. The third kappa shape index (κ3) is 5.31. The first-order valence-corrected chi connectivity index (χ1v) is 14.2. The molecule has 6 rings (SSSR count). The second-order valence-corrected chi connectivity index (χ2v) is 11.1. The maximum atomic E-state index is 9.78. The van der Waals surface area contributed by atoms with Crippen LogP contribution in [0, 0.1) is 11.3 Å². The van der Waals surface area contributed by atoms with Crippen molar-refractivity contribution in [3.63, 3.8) is 0 Å². The summed E-state index contributed by atoms with van der Waals surface area (Å²) in [6, 6.07) is 13.3. The molecular formula is C32H35N9O. The van der Waals surface area contributed by atoms with Gasteiger partial charge in [0.05, 0.1) is 30.6 Å². The van der Waals surface area contributed by atoms with Crippen molar-refractivity contribution in [2.24, 2.45) is 7.05 Å². The van der Waals surface area contributed by atoms with Crippen LogP contribution in [-0.4, -0.2) is 67.6 Å². The Morgan fingerprint density at radius 3 is 2.43 bits per heavy atom. The zero-order chi connectivity index (χ0) is 29.2. The quantitative estimate of drug-likeness (QED) is 0.262. The topological polar surface area (TPSA) is 100 Å². The number of pyridine rings is 3. The summed E-state index contributed by atoms with van der Waals surface area (Å²) >= 11 is 0. The van der Waals surface area contributed by atoms with Crippen molar-refractivity contribution in [1.82, 2.24) is 34.3 Å². The molecule has 0 spiro atoms. The molecule has 5 aromatic rings. The SMILES string of the molecule is COc1ccc(CN(C)C2CCCCC2N(C)c2ccc(-c3cc(-c4cnn(C)c4)cn4ncc(C#N)c34)cn2)cn1. The van der Waals surface area contributed by atoms with Crippen molar-refractivity contribution in [2.75, 3.05) is 26.1 Å². The minimum absolute atomic E-state index is 0.342. The Labute approximate surface area is 245 Å². The monoisotopic (exact) mass is 561 g/mol. The minimum Gasteiger partial charge on any atom is -0.481 e. The molecule has 1 aliphatic rings.